The van der Waals surface area contributed by atoms with Gasteiger partial charge in [0.15, 0.2) is 0 Å². The molecule has 21 heavy (non-hydrogen) atoms. The summed E-state index contributed by atoms with van der Waals surface area (Å²) in [5.74, 6) is -1.12. The Balaban J connectivity index is 1.90. The number of carbonyl (C=O) groups is 2. The van der Waals surface area contributed by atoms with Crippen LogP contribution in [0, 0.1) is 5.41 Å². The summed E-state index contributed by atoms with van der Waals surface area (Å²) >= 11 is 0. The Bertz CT molecular complexity index is 475. The van der Waals surface area contributed by atoms with Crippen LogP contribution in [-0.4, -0.2) is 17.0 Å². The summed E-state index contributed by atoms with van der Waals surface area (Å²) in [6, 6.07) is 9.52. The molecule has 0 saturated heterocycles. The Morgan fingerprint density at radius 3 is 2.33 bits per heavy atom. The molecule has 1 aliphatic rings. The molecule has 0 spiro atoms. The predicted octanol–water partition coefficient (Wildman–Crippen LogP) is 3.55. The van der Waals surface area contributed by atoms with E-state index < -0.39 is 11.4 Å². The summed E-state index contributed by atoms with van der Waals surface area (Å²) in [5, 5.41) is 9.10. The molecule has 1 N–H and O–H groups in total. The lowest BCUT2D eigenvalue weighted by Gasteiger charge is -2.35. The maximum atomic E-state index is 12.1. The summed E-state index contributed by atoms with van der Waals surface area (Å²) in [4.78, 5) is 23.1. The van der Waals surface area contributed by atoms with E-state index in [2.05, 4.69) is 0 Å². The molecule has 0 radical (unpaired) electrons. The Labute approximate surface area is 125 Å². The van der Waals surface area contributed by atoms with Gasteiger partial charge in [-0.3, -0.25) is 9.59 Å². The molecule has 0 aliphatic heterocycles. The SMILES string of the molecule is O=C(O)CC1(CC(=O)OCc2ccccc2)CCCCC1. The van der Waals surface area contributed by atoms with Crippen molar-refractivity contribution in [2.75, 3.05) is 0 Å². The van der Waals surface area contributed by atoms with E-state index >= 15 is 0 Å². The van der Waals surface area contributed by atoms with Crippen molar-refractivity contribution in [1.29, 1.82) is 0 Å². The molecule has 0 bridgehead atoms. The van der Waals surface area contributed by atoms with Crippen LogP contribution < -0.4 is 0 Å². The van der Waals surface area contributed by atoms with Gasteiger partial charge in [0.2, 0.25) is 0 Å². The third-order valence-corrected chi connectivity index (χ3v) is 4.20. The first-order valence-corrected chi connectivity index (χ1v) is 7.51. The smallest absolute Gasteiger partial charge is 0.306 e. The largest absolute Gasteiger partial charge is 0.481 e. The van der Waals surface area contributed by atoms with Crippen molar-refractivity contribution in [3.63, 3.8) is 0 Å². The first kappa shape index (κ1) is 15.5. The van der Waals surface area contributed by atoms with E-state index in [0.29, 0.717) is 0 Å². The molecule has 1 aliphatic carbocycles. The minimum atomic E-state index is -0.826. The van der Waals surface area contributed by atoms with E-state index in [1.807, 2.05) is 30.3 Å². The summed E-state index contributed by atoms with van der Waals surface area (Å²) in [6.45, 7) is 0.253. The summed E-state index contributed by atoms with van der Waals surface area (Å²) in [7, 11) is 0. The van der Waals surface area contributed by atoms with Gasteiger partial charge in [-0.15, -0.1) is 0 Å². The van der Waals surface area contributed by atoms with Gasteiger partial charge in [-0.25, -0.2) is 0 Å². The van der Waals surface area contributed by atoms with Crippen molar-refractivity contribution in [3.8, 4) is 0 Å². The van der Waals surface area contributed by atoms with Crippen LogP contribution in [0.15, 0.2) is 30.3 Å². The van der Waals surface area contributed by atoms with Crippen LogP contribution in [0.25, 0.3) is 0 Å². The molecule has 0 heterocycles. The molecule has 0 amide bonds. The number of esters is 1. The fourth-order valence-electron chi connectivity index (χ4n) is 3.13. The summed E-state index contributed by atoms with van der Waals surface area (Å²) in [6.07, 6.45) is 5.01. The Morgan fingerprint density at radius 1 is 1.05 bits per heavy atom. The van der Waals surface area contributed by atoms with Gasteiger partial charge < -0.3 is 9.84 Å². The fraction of sp³-hybridized carbons (Fsp3) is 0.529. The number of aliphatic carboxylic acids is 1. The third kappa shape index (κ3) is 4.88. The number of hydrogen-bond acceptors (Lipinski definition) is 3. The van der Waals surface area contributed by atoms with Crippen molar-refractivity contribution in [1.82, 2.24) is 0 Å². The average molecular weight is 290 g/mol. The molecule has 0 atom stereocenters. The molecular formula is C17H22O4. The zero-order chi connectivity index (χ0) is 15.1. The number of hydrogen-bond donors (Lipinski definition) is 1. The number of ether oxygens (including phenoxy) is 1. The highest BCUT2D eigenvalue weighted by atomic mass is 16.5. The third-order valence-electron chi connectivity index (χ3n) is 4.20. The van der Waals surface area contributed by atoms with E-state index in [1.165, 1.54) is 0 Å². The highest BCUT2D eigenvalue weighted by molar-refractivity contribution is 5.73. The first-order chi connectivity index (χ1) is 10.1. The van der Waals surface area contributed by atoms with Crippen LogP contribution in [0.5, 0.6) is 0 Å². The lowest BCUT2D eigenvalue weighted by Crippen LogP contribution is -2.30. The number of benzene rings is 1. The van der Waals surface area contributed by atoms with E-state index in [-0.39, 0.29) is 25.4 Å². The zero-order valence-corrected chi connectivity index (χ0v) is 12.2. The lowest BCUT2D eigenvalue weighted by molar-refractivity contribution is -0.150. The van der Waals surface area contributed by atoms with Gasteiger partial charge in [0.05, 0.1) is 12.8 Å². The molecule has 4 nitrogen and oxygen atoms in total. The van der Waals surface area contributed by atoms with Crippen molar-refractivity contribution in [2.24, 2.45) is 5.41 Å². The van der Waals surface area contributed by atoms with Crippen LogP contribution in [0.1, 0.15) is 50.5 Å². The number of carbonyl (C=O) groups excluding carboxylic acids is 1. The summed E-state index contributed by atoms with van der Waals surface area (Å²) < 4.78 is 5.31. The average Bonchev–Trinajstić information content (AvgIpc) is 2.46. The number of rotatable bonds is 6. The van der Waals surface area contributed by atoms with E-state index in [0.717, 1.165) is 37.7 Å². The minimum Gasteiger partial charge on any atom is -0.481 e. The molecule has 1 aromatic rings. The second-order valence-electron chi connectivity index (χ2n) is 5.95. The standard InChI is InChI=1S/C17H22O4/c18-15(19)11-17(9-5-2-6-10-17)12-16(20)21-13-14-7-3-1-4-8-14/h1,3-4,7-8H,2,5-6,9-13H2,(H,18,19). The lowest BCUT2D eigenvalue weighted by atomic mass is 9.70. The summed E-state index contributed by atoms with van der Waals surface area (Å²) in [5.41, 5.74) is 0.541. The second-order valence-corrected chi connectivity index (χ2v) is 5.95. The van der Waals surface area contributed by atoms with E-state index in [9.17, 15) is 9.59 Å². The second kappa shape index (κ2) is 7.25. The van der Waals surface area contributed by atoms with Crippen molar-refractivity contribution < 1.29 is 19.4 Å². The van der Waals surface area contributed by atoms with Crippen molar-refractivity contribution >= 4 is 11.9 Å². The molecule has 2 rings (SSSR count). The van der Waals surface area contributed by atoms with Gasteiger partial charge in [0.1, 0.15) is 6.61 Å². The van der Waals surface area contributed by atoms with Gasteiger partial charge in [-0.05, 0) is 23.8 Å². The van der Waals surface area contributed by atoms with Gasteiger partial charge in [0.25, 0.3) is 0 Å². The van der Waals surface area contributed by atoms with Crippen LogP contribution in [0.2, 0.25) is 0 Å². The Kier molecular flexibility index (Phi) is 5.37. The van der Waals surface area contributed by atoms with Crippen LogP contribution in [0.3, 0.4) is 0 Å². The van der Waals surface area contributed by atoms with Gasteiger partial charge in [0, 0.05) is 0 Å². The molecule has 4 heteroatoms. The maximum absolute atomic E-state index is 12.1. The Morgan fingerprint density at radius 2 is 1.71 bits per heavy atom. The molecule has 0 aromatic heterocycles. The highest BCUT2D eigenvalue weighted by Crippen LogP contribution is 2.42. The highest BCUT2D eigenvalue weighted by Gasteiger charge is 2.37. The Hall–Kier alpha value is -1.84. The topological polar surface area (TPSA) is 63.6 Å². The number of carboxylic acid groups (broad SMARTS) is 1. The molecule has 0 unspecified atom stereocenters. The first-order valence-electron chi connectivity index (χ1n) is 7.51. The molecule has 1 fully saturated rings. The fourth-order valence-corrected chi connectivity index (χ4v) is 3.13. The maximum Gasteiger partial charge on any atom is 0.306 e. The molecule has 114 valence electrons. The molecular weight excluding hydrogens is 268 g/mol. The predicted molar refractivity (Wildman–Crippen MR) is 78.6 cm³/mol. The monoisotopic (exact) mass is 290 g/mol. The van der Waals surface area contributed by atoms with Gasteiger partial charge >= 0.3 is 11.9 Å². The molecule has 1 saturated carbocycles. The number of carboxylic acids is 1. The van der Waals surface area contributed by atoms with Crippen molar-refractivity contribution in [3.05, 3.63) is 35.9 Å². The van der Waals surface area contributed by atoms with Crippen LogP contribution in [-0.2, 0) is 20.9 Å². The van der Waals surface area contributed by atoms with Crippen LogP contribution in [0.4, 0.5) is 0 Å². The van der Waals surface area contributed by atoms with E-state index in [4.69, 9.17) is 9.84 Å². The van der Waals surface area contributed by atoms with Crippen LogP contribution >= 0.6 is 0 Å². The van der Waals surface area contributed by atoms with Crippen molar-refractivity contribution in [2.45, 2.75) is 51.6 Å². The zero-order valence-electron chi connectivity index (χ0n) is 12.2. The van der Waals surface area contributed by atoms with Gasteiger partial charge in [-0.2, -0.15) is 0 Å². The van der Waals surface area contributed by atoms with E-state index in [1.54, 1.807) is 0 Å². The molecule has 1 aromatic carbocycles. The van der Waals surface area contributed by atoms with Gasteiger partial charge in [-0.1, -0.05) is 49.6 Å². The quantitative estimate of drug-likeness (QED) is 0.814. The minimum absolute atomic E-state index is 0.0629. The normalized spacial score (nSPS) is 17.1.